The van der Waals surface area contributed by atoms with Crippen LogP contribution in [-0.2, 0) is 11.2 Å². The van der Waals surface area contributed by atoms with Crippen LogP contribution in [0.25, 0.3) is 10.8 Å². The van der Waals surface area contributed by atoms with Gasteiger partial charge in [-0.1, -0.05) is 48.5 Å². The predicted molar refractivity (Wildman–Crippen MR) is 97.2 cm³/mol. The lowest BCUT2D eigenvalue weighted by Crippen LogP contribution is -2.28. The molecule has 0 aliphatic carbocycles. The van der Waals surface area contributed by atoms with Crippen molar-refractivity contribution in [1.29, 1.82) is 0 Å². The number of ether oxygens (including phenoxy) is 1. The predicted octanol–water partition coefficient (Wildman–Crippen LogP) is 4.41. The Kier molecular flexibility index (Phi) is 4.98. The second-order valence-corrected chi connectivity index (χ2v) is 6.00. The van der Waals surface area contributed by atoms with E-state index < -0.39 is 5.82 Å². The number of amides is 1. The van der Waals surface area contributed by atoms with Crippen molar-refractivity contribution in [2.45, 2.75) is 19.4 Å². The number of rotatable bonds is 5. The molecule has 3 aromatic rings. The van der Waals surface area contributed by atoms with Crippen LogP contribution >= 0.6 is 0 Å². The second kappa shape index (κ2) is 7.34. The van der Waals surface area contributed by atoms with E-state index in [1.807, 2.05) is 49.4 Å². The molecule has 1 N–H and O–H groups in total. The fourth-order valence-electron chi connectivity index (χ4n) is 2.95. The van der Waals surface area contributed by atoms with Gasteiger partial charge in [0, 0.05) is 0 Å². The maximum Gasteiger partial charge on any atom is 0.224 e. The first-order chi connectivity index (χ1) is 12.1. The van der Waals surface area contributed by atoms with E-state index >= 15 is 0 Å². The normalized spacial score (nSPS) is 12.0. The molecule has 1 amide bonds. The van der Waals surface area contributed by atoms with Crippen LogP contribution in [0.5, 0.6) is 5.75 Å². The van der Waals surface area contributed by atoms with Crippen molar-refractivity contribution in [2.24, 2.45) is 0 Å². The van der Waals surface area contributed by atoms with Gasteiger partial charge in [0.1, 0.15) is 0 Å². The number of halogens is 1. The Morgan fingerprint density at radius 3 is 2.64 bits per heavy atom. The number of hydrogen-bond acceptors (Lipinski definition) is 2. The first kappa shape index (κ1) is 17.0. The van der Waals surface area contributed by atoms with Gasteiger partial charge in [-0.3, -0.25) is 4.79 Å². The van der Waals surface area contributed by atoms with Gasteiger partial charge in [-0.15, -0.1) is 0 Å². The monoisotopic (exact) mass is 337 g/mol. The molecule has 0 saturated carbocycles. The zero-order valence-electron chi connectivity index (χ0n) is 14.3. The Morgan fingerprint density at radius 1 is 1.12 bits per heavy atom. The molecule has 0 bridgehead atoms. The minimum Gasteiger partial charge on any atom is -0.494 e. The van der Waals surface area contributed by atoms with Gasteiger partial charge in [0.2, 0.25) is 5.91 Å². The quantitative estimate of drug-likeness (QED) is 0.749. The molecule has 3 nitrogen and oxygen atoms in total. The highest BCUT2D eigenvalue weighted by molar-refractivity contribution is 5.90. The van der Waals surface area contributed by atoms with Gasteiger partial charge >= 0.3 is 0 Å². The maximum atomic E-state index is 13.8. The SMILES string of the molecule is COc1ccc([C@@H](C)NC(=O)Cc2cccc3ccccc23)cc1F. The molecule has 3 aromatic carbocycles. The number of fused-ring (bicyclic) bond motifs is 1. The van der Waals surface area contributed by atoms with E-state index in [0.29, 0.717) is 5.56 Å². The number of nitrogens with one attached hydrogen (secondary N) is 1. The molecule has 25 heavy (non-hydrogen) atoms. The van der Waals surface area contributed by atoms with Crippen molar-refractivity contribution in [3.63, 3.8) is 0 Å². The Morgan fingerprint density at radius 2 is 1.88 bits per heavy atom. The lowest BCUT2D eigenvalue weighted by atomic mass is 10.0. The largest absolute Gasteiger partial charge is 0.494 e. The van der Waals surface area contributed by atoms with Crippen LogP contribution in [0, 0.1) is 5.82 Å². The van der Waals surface area contributed by atoms with Gasteiger partial charge < -0.3 is 10.1 Å². The van der Waals surface area contributed by atoms with Crippen molar-refractivity contribution >= 4 is 16.7 Å². The highest BCUT2D eigenvalue weighted by Gasteiger charge is 2.13. The average molecular weight is 337 g/mol. The fraction of sp³-hybridized carbons (Fsp3) is 0.190. The fourth-order valence-corrected chi connectivity index (χ4v) is 2.95. The zero-order chi connectivity index (χ0) is 17.8. The summed E-state index contributed by atoms with van der Waals surface area (Å²) >= 11 is 0. The molecule has 0 spiro atoms. The second-order valence-electron chi connectivity index (χ2n) is 6.00. The number of hydrogen-bond donors (Lipinski definition) is 1. The van der Waals surface area contributed by atoms with E-state index in [-0.39, 0.29) is 24.1 Å². The molecule has 0 radical (unpaired) electrons. The molecular formula is C21H20FNO2. The molecular weight excluding hydrogens is 317 g/mol. The first-order valence-corrected chi connectivity index (χ1v) is 8.18. The van der Waals surface area contributed by atoms with Gasteiger partial charge in [-0.2, -0.15) is 0 Å². The molecule has 1 atom stereocenters. The molecule has 0 saturated heterocycles. The molecule has 0 aliphatic rings. The standard InChI is InChI=1S/C21H20FNO2/c1-14(16-10-11-20(25-2)19(22)12-16)23-21(24)13-17-8-5-7-15-6-3-4-9-18(15)17/h3-12,14H,13H2,1-2H3,(H,23,24)/t14-/m1/s1. The number of carbonyl (C=O) groups is 1. The van der Waals surface area contributed by atoms with Crippen LogP contribution in [-0.4, -0.2) is 13.0 Å². The molecule has 0 aromatic heterocycles. The van der Waals surface area contributed by atoms with E-state index in [0.717, 1.165) is 16.3 Å². The smallest absolute Gasteiger partial charge is 0.224 e. The Labute approximate surface area is 146 Å². The topological polar surface area (TPSA) is 38.3 Å². The number of carbonyl (C=O) groups excluding carboxylic acids is 1. The summed E-state index contributed by atoms with van der Waals surface area (Å²) in [6.07, 6.45) is 0.282. The van der Waals surface area contributed by atoms with Crippen LogP contribution in [0.3, 0.4) is 0 Å². The minimum atomic E-state index is -0.435. The molecule has 4 heteroatoms. The molecule has 0 aliphatic heterocycles. The highest BCUT2D eigenvalue weighted by atomic mass is 19.1. The van der Waals surface area contributed by atoms with Crippen molar-refractivity contribution in [2.75, 3.05) is 7.11 Å². The van der Waals surface area contributed by atoms with Gasteiger partial charge in [0.05, 0.1) is 19.6 Å². The van der Waals surface area contributed by atoms with Crippen molar-refractivity contribution in [3.05, 3.63) is 77.6 Å². The Hall–Kier alpha value is -2.88. The Balaban J connectivity index is 1.72. The van der Waals surface area contributed by atoms with Crippen LogP contribution in [0.2, 0.25) is 0 Å². The van der Waals surface area contributed by atoms with E-state index in [2.05, 4.69) is 5.32 Å². The average Bonchev–Trinajstić information content (AvgIpc) is 2.62. The zero-order valence-corrected chi connectivity index (χ0v) is 14.3. The van der Waals surface area contributed by atoms with Gasteiger partial charge in [0.25, 0.3) is 0 Å². The Bertz CT molecular complexity index is 902. The summed E-state index contributed by atoms with van der Waals surface area (Å²) in [6.45, 7) is 1.84. The molecule has 0 fully saturated rings. The summed E-state index contributed by atoms with van der Waals surface area (Å²) in [5.74, 6) is -0.340. The maximum absolute atomic E-state index is 13.8. The summed E-state index contributed by atoms with van der Waals surface area (Å²) in [4.78, 5) is 12.4. The van der Waals surface area contributed by atoms with Crippen molar-refractivity contribution in [1.82, 2.24) is 5.32 Å². The van der Waals surface area contributed by atoms with E-state index in [4.69, 9.17) is 4.74 Å². The third-order valence-electron chi connectivity index (χ3n) is 4.28. The minimum absolute atomic E-state index is 0.0971. The van der Waals surface area contributed by atoms with E-state index in [1.165, 1.54) is 13.2 Å². The van der Waals surface area contributed by atoms with Gasteiger partial charge in [0.15, 0.2) is 11.6 Å². The summed E-state index contributed by atoms with van der Waals surface area (Å²) in [7, 11) is 1.42. The van der Waals surface area contributed by atoms with Crippen molar-refractivity contribution in [3.8, 4) is 5.75 Å². The lowest BCUT2D eigenvalue weighted by Gasteiger charge is -2.16. The molecule has 128 valence electrons. The molecule has 0 unspecified atom stereocenters. The summed E-state index contributed by atoms with van der Waals surface area (Å²) in [6, 6.07) is 18.3. The van der Waals surface area contributed by atoms with E-state index in [1.54, 1.807) is 12.1 Å². The highest BCUT2D eigenvalue weighted by Crippen LogP contribution is 2.22. The van der Waals surface area contributed by atoms with Gasteiger partial charge in [-0.25, -0.2) is 4.39 Å². The van der Waals surface area contributed by atoms with Gasteiger partial charge in [-0.05, 0) is 41.0 Å². The van der Waals surface area contributed by atoms with Crippen LogP contribution in [0.15, 0.2) is 60.7 Å². The number of methoxy groups -OCH3 is 1. The van der Waals surface area contributed by atoms with Crippen LogP contribution in [0.4, 0.5) is 4.39 Å². The van der Waals surface area contributed by atoms with Crippen LogP contribution < -0.4 is 10.1 Å². The first-order valence-electron chi connectivity index (χ1n) is 8.18. The van der Waals surface area contributed by atoms with E-state index in [9.17, 15) is 9.18 Å². The number of benzene rings is 3. The third kappa shape index (κ3) is 3.79. The third-order valence-corrected chi connectivity index (χ3v) is 4.28. The van der Waals surface area contributed by atoms with Crippen LogP contribution in [0.1, 0.15) is 24.1 Å². The summed E-state index contributed by atoms with van der Waals surface area (Å²) < 4.78 is 18.8. The summed E-state index contributed by atoms with van der Waals surface area (Å²) in [5, 5.41) is 5.11. The van der Waals surface area contributed by atoms with Crippen molar-refractivity contribution < 1.29 is 13.9 Å². The summed E-state index contributed by atoms with van der Waals surface area (Å²) in [5.41, 5.74) is 1.67. The molecule has 3 rings (SSSR count). The molecule has 0 heterocycles. The lowest BCUT2D eigenvalue weighted by molar-refractivity contribution is -0.121.